The van der Waals surface area contributed by atoms with Crippen molar-refractivity contribution in [1.82, 2.24) is 5.32 Å². The van der Waals surface area contributed by atoms with Gasteiger partial charge in [-0.25, -0.2) is 0 Å². The summed E-state index contributed by atoms with van der Waals surface area (Å²) < 4.78 is 0. The van der Waals surface area contributed by atoms with Crippen LogP contribution >= 0.6 is 0 Å². The fourth-order valence-corrected chi connectivity index (χ4v) is 2.22. The molecule has 0 amide bonds. The van der Waals surface area contributed by atoms with E-state index in [-0.39, 0.29) is 5.41 Å². The Morgan fingerprint density at radius 2 is 1.71 bits per heavy atom. The van der Waals surface area contributed by atoms with Crippen molar-refractivity contribution in [3.63, 3.8) is 0 Å². The van der Waals surface area contributed by atoms with E-state index in [4.69, 9.17) is 5.26 Å². The highest BCUT2D eigenvalue weighted by atomic mass is 14.9. The van der Waals surface area contributed by atoms with Crippen LogP contribution in [0.5, 0.6) is 0 Å². The standard InChI is InChI=1S/C15H22N2/c1-11-8-13(3)14(9-12(11)2)15(4,5)10-17-7-6-16/h8-9,17H,7,10H2,1-5H3. The van der Waals surface area contributed by atoms with Crippen molar-refractivity contribution in [2.24, 2.45) is 0 Å². The summed E-state index contributed by atoms with van der Waals surface area (Å²) in [4.78, 5) is 0. The molecule has 2 heteroatoms. The van der Waals surface area contributed by atoms with Crippen molar-refractivity contribution in [2.75, 3.05) is 13.1 Å². The molecule has 0 aromatic heterocycles. The fraction of sp³-hybridized carbons (Fsp3) is 0.533. The summed E-state index contributed by atoms with van der Waals surface area (Å²) in [6.45, 7) is 12.1. The Balaban J connectivity index is 2.98. The number of benzene rings is 1. The van der Waals surface area contributed by atoms with Gasteiger partial charge in [0.05, 0.1) is 12.6 Å². The van der Waals surface area contributed by atoms with Crippen molar-refractivity contribution in [3.05, 3.63) is 34.4 Å². The van der Waals surface area contributed by atoms with E-state index >= 15 is 0 Å². The van der Waals surface area contributed by atoms with Crippen molar-refractivity contribution >= 4 is 0 Å². The molecule has 0 aliphatic rings. The van der Waals surface area contributed by atoms with Gasteiger partial charge in [-0.3, -0.25) is 0 Å². The summed E-state index contributed by atoms with van der Waals surface area (Å²) in [5.41, 5.74) is 5.42. The highest BCUT2D eigenvalue weighted by molar-refractivity contribution is 5.40. The van der Waals surface area contributed by atoms with E-state index in [0.29, 0.717) is 6.54 Å². The van der Waals surface area contributed by atoms with Gasteiger partial charge in [-0.1, -0.05) is 26.0 Å². The molecule has 92 valence electrons. The zero-order chi connectivity index (χ0) is 13.1. The van der Waals surface area contributed by atoms with Crippen LogP contribution in [0.2, 0.25) is 0 Å². The molecular formula is C15H22N2. The van der Waals surface area contributed by atoms with E-state index in [9.17, 15) is 0 Å². The highest BCUT2D eigenvalue weighted by Gasteiger charge is 2.22. The maximum Gasteiger partial charge on any atom is 0.0841 e. The Morgan fingerprint density at radius 3 is 2.29 bits per heavy atom. The molecule has 0 unspecified atom stereocenters. The molecule has 0 saturated heterocycles. The summed E-state index contributed by atoms with van der Waals surface area (Å²) in [7, 11) is 0. The van der Waals surface area contributed by atoms with Crippen LogP contribution in [0.25, 0.3) is 0 Å². The molecule has 0 saturated carbocycles. The maximum atomic E-state index is 8.56. The van der Waals surface area contributed by atoms with Gasteiger partial charge in [-0.05, 0) is 43.0 Å². The molecule has 1 N–H and O–H groups in total. The summed E-state index contributed by atoms with van der Waals surface area (Å²) in [5, 5.41) is 11.7. The molecule has 1 rings (SSSR count). The Hall–Kier alpha value is -1.33. The second-order valence-corrected chi connectivity index (χ2v) is 5.40. The molecule has 17 heavy (non-hydrogen) atoms. The van der Waals surface area contributed by atoms with E-state index < -0.39 is 0 Å². The lowest BCUT2D eigenvalue weighted by molar-refractivity contribution is 0.482. The van der Waals surface area contributed by atoms with Crippen molar-refractivity contribution in [2.45, 2.75) is 40.0 Å². The maximum absolute atomic E-state index is 8.56. The van der Waals surface area contributed by atoms with Gasteiger partial charge in [-0.2, -0.15) is 5.26 Å². The molecule has 1 aromatic carbocycles. The minimum Gasteiger partial charge on any atom is -0.304 e. The molecule has 0 aliphatic heterocycles. The third kappa shape index (κ3) is 3.31. The second-order valence-electron chi connectivity index (χ2n) is 5.40. The number of aryl methyl sites for hydroxylation is 3. The summed E-state index contributed by atoms with van der Waals surface area (Å²) in [5.74, 6) is 0. The zero-order valence-electron chi connectivity index (χ0n) is 11.5. The molecule has 0 spiro atoms. The van der Waals surface area contributed by atoms with Crippen LogP contribution in [0.1, 0.15) is 36.1 Å². The van der Waals surface area contributed by atoms with Gasteiger partial charge in [0, 0.05) is 12.0 Å². The molecule has 0 bridgehead atoms. The van der Waals surface area contributed by atoms with Crippen LogP contribution in [0.4, 0.5) is 0 Å². The Bertz CT molecular complexity index is 439. The van der Waals surface area contributed by atoms with Gasteiger partial charge in [0.25, 0.3) is 0 Å². The lowest BCUT2D eigenvalue weighted by atomic mass is 9.80. The van der Waals surface area contributed by atoms with Gasteiger partial charge >= 0.3 is 0 Å². The smallest absolute Gasteiger partial charge is 0.0841 e. The summed E-state index contributed by atoms with van der Waals surface area (Å²) in [6, 6.07) is 6.64. The minimum absolute atomic E-state index is 0.0550. The second kappa shape index (κ2) is 5.33. The topological polar surface area (TPSA) is 35.8 Å². The molecule has 0 fully saturated rings. The van der Waals surface area contributed by atoms with Crippen molar-refractivity contribution in [3.8, 4) is 6.07 Å². The number of nitrogens with zero attached hydrogens (tertiary/aromatic N) is 1. The van der Waals surface area contributed by atoms with Crippen LogP contribution in [0.15, 0.2) is 12.1 Å². The first-order valence-corrected chi connectivity index (χ1v) is 6.04. The Labute approximate surface area is 105 Å². The fourth-order valence-electron chi connectivity index (χ4n) is 2.22. The van der Waals surface area contributed by atoms with E-state index in [1.54, 1.807) is 0 Å². The van der Waals surface area contributed by atoms with Gasteiger partial charge in [-0.15, -0.1) is 0 Å². The van der Waals surface area contributed by atoms with Gasteiger partial charge in [0.15, 0.2) is 0 Å². The first-order chi connectivity index (χ1) is 7.88. The number of nitriles is 1. The normalized spacial score (nSPS) is 11.3. The first kappa shape index (κ1) is 13.7. The number of hydrogen-bond donors (Lipinski definition) is 1. The first-order valence-electron chi connectivity index (χ1n) is 6.04. The van der Waals surface area contributed by atoms with Crippen LogP contribution < -0.4 is 5.32 Å². The van der Waals surface area contributed by atoms with Gasteiger partial charge in [0.2, 0.25) is 0 Å². The third-order valence-corrected chi connectivity index (χ3v) is 3.34. The van der Waals surface area contributed by atoms with E-state index in [0.717, 1.165) is 6.54 Å². The molecule has 0 radical (unpaired) electrons. The quantitative estimate of drug-likeness (QED) is 0.637. The molecule has 0 aliphatic carbocycles. The predicted octanol–water partition coefficient (Wildman–Crippen LogP) is 3.00. The van der Waals surface area contributed by atoms with E-state index in [1.165, 1.54) is 22.3 Å². The monoisotopic (exact) mass is 230 g/mol. The lowest BCUT2D eigenvalue weighted by Gasteiger charge is -2.28. The third-order valence-electron chi connectivity index (χ3n) is 3.34. The largest absolute Gasteiger partial charge is 0.304 e. The number of hydrogen-bond acceptors (Lipinski definition) is 2. The average Bonchev–Trinajstić information content (AvgIpc) is 2.23. The molecule has 0 heterocycles. The Kier molecular flexibility index (Phi) is 4.31. The number of nitrogens with one attached hydrogen (secondary N) is 1. The highest BCUT2D eigenvalue weighted by Crippen LogP contribution is 2.28. The van der Waals surface area contributed by atoms with Crippen LogP contribution in [0, 0.1) is 32.1 Å². The number of rotatable bonds is 4. The molecule has 0 atom stereocenters. The van der Waals surface area contributed by atoms with Crippen molar-refractivity contribution in [1.29, 1.82) is 5.26 Å². The molecule has 2 nitrogen and oxygen atoms in total. The van der Waals surface area contributed by atoms with Gasteiger partial charge < -0.3 is 5.32 Å². The van der Waals surface area contributed by atoms with Gasteiger partial charge in [0.1, 0.15) is 0 Å². The molecule has 1 aromatic rings. The zero-order valence-corrected chi connectivity index (χ0v) is 11.5. The van der Waals surface area contributed by atoms with E-state index in [2.05, 4.69) is 58.1 Å². The lowest BCUT2D eigenvalue weighted by Crippen LogP contribution is -2.33. The van der Waals surface area contributed by atoms with Crippen LogP contribution in [0.3, 0.4) is 0 Å². The minimum atomic E-state index is 0.0550. The van der Waals surface area contributed by atoms with Crippen LogP contribution in [-0.4, -0.2) is 13.1 Å². The summed E-state index contributed by atoms with van der Waals surface area (Å²) in [6.07, 6.45) is 0. The predicted molar refractivity (Wildman–Crippen MR) is 72.2 cm³/mol. The SMILES string of the molecule is Cc1cc(C)c(C(C)(C)CNCC#N)cc1C. The van der Waals surface area contributed by atoms with Crippen molar-refractivity contribution < 1.29 is 0 Å². The van der Waals surface area contributed by atoms with E-state index in [1.807, 2.05) is 0 Å². The van der Waals surface area contributed by atoms with Crippen LogP contribution in [-0.2, 0) is 5.41 Å². The summed E-state index contributed by atoms with van der Waals surface area (Å²) >= 11 is 0. The average molecular weight is 230 g/mol. The molecular weight excluding hydrogens is 208 g/mol. The Morgan fingerprint density at radius 1 is 1.12 bits per heavy atom.